The molecule has 0 bridgehead atoms. The Labute approximate surface area is 102 Å². The highest BCUT2D eigenvalue weighted by molar-refractivity contribution is 14.1. The highest BCUT2D eigenvalue weighted by atomic mass is 127. The zero-order chi connectivity index (χ0) is 11.4. The van der Waals surface area contributed by atoms with Crippen molar-refractivity contribution in [1.29, 1.82) is 0 Å². The largest absolute Gasteiger partial charge is 0.410 e. The third kappa shape index (κ3) is 2.68. The fraction of sp³-hybridized carbons (Fsp3) is 0.200. The molecule has 1 rings (SSSR count). The molecule has 5 heteroatoms. The van der Waals surface area contributed by atoms with Gasteiger partial charge in [-0.2, -0.15) is 0 Å². The van der Waals surface area contributed by atoms with Crippen LogP contribution in [0.5, 0.6) is 0 Å². The number of amides is 1. The van der Waals surface area contributed by atoms with E-state index in [1.807, 2.05) is 12.1 Å². The summed E-state index contributed by atoms with van der Waals surface area (Å²) in [5, 5.41) is 11.9. The van der Waals surface area contributed by atoms with Crippen LogP contribution in [0.4, 0.5) is 0 Å². The van der Waals surface area contributed by atoms with Crippen LogP contribution in [0.3, 0.4) is 0 Å². The summed E-state index contributed by atoms with van der Waals surface area (Å²) < 4.78 is 0.873. The zero-order valence-corrected chi connectivity index (χ0v) is 10.6. The number of halogens is 1. The number of oxime groups is 1. The average molecular weight is 318 g/mol. The SMILES string of the molecule is CN(C)C(=O)/C(=N/O)c1ccccc1I. The van der Waals surface area contributed by atoms with Gasteiger partial charge < -0.3 is 10.1 Å². The Hall–Kier alpha value is -1.11. The van der Waals surface area contributed by atoms with Gasteiger partial charge in [-0.25, -0.2) is 0 Å². The molecule has 0 saturated heterocycles. The summed E-state index contributed by atoms with van der Waals surface area (Å²) in [6.07, 6.45) is 0. The van der Waals surface area contributed by atoms with Gasteiger partial charge in [-0.15, -0.1) is 0 Å². The second-order valence-electron chi connectivity index (χ2n) is 3.13. The van der Waals surface area contributed by atoms with Gasteiger partial charge in [-0.3, -0.25) is 4.79 Å². The van der Waals surface area contributed by atoms with Crippen molar-refractivity contribution < 1.29 is 10.0 Å². The standard InChI is InChI=1S/C10H11IN2O2/c1-13(2)10(14)9(12-15)7-5-3-4-6-8(7)11/h3-6,15H,1-2H3/b12-9+. The molecule has 1 amide bonds. The van der Waals surface area contributed by atoms with E-state index in [1.54, 1.807) is 26.2 Å². The minimum atomic E-state index is -0.318. The van der Waals surface area contributed by atoms with Gasteiger partial charge in [0.1, 0.15) is 0 Å². The van der Waals surface area contributed by atoms with Crippen LogP contribution in [-0.4, -0.2) is 35.8 Å². The molecule has 0 unspecified atom stereocenters. The fourth-order valence-corrected chi connectivity index (χ4v) is 1.72. The Kier molecular flexibility index (Phi) is 4.07. The number of rotatable bonds is 2. The monoisotopic (exact) mass is 318 g/mol. The smallest absolute Gasteiger partial charge is 0.276 e. The van der Waals surface area contributed by atoms with E-state index < -0.39 is 0 Å². The second kappa shape index (κ2) is 5.11. The van der Waals surface area contributed by atoms with E-state index in [9.17, 15) is 4.79 Å². The first-order valence-electron chi connectivity index (χ1n) is 4.26. The van der Waals surface area contributed by atoms with Crippen LogP contribution in [-0.2, 0) is 4.79 Å². The van der Waals surface area contributed by atoms with E-state index in [2.05, 4.69) is 27.7 Å². The Morgan fingerprint density at radius 3 is 2.47 bits per heavy atom. The number of hydrogen-bond acceptors (Lipinski definition) is 3. The van der Waals surface area contributed by atoms with Crippen LogP contribution in [0.25, 0.3) is 0 Å². The average Bonchev–Trinajstić information content (AvgIpc) is 2.21. The van der Waals surface area contributed by atoms with Crippen molar-refractivity contribution in [3.63, 3.8) is 0 Å². The fourth-order valence-electron chi connectivity index (χ4n) is 1.08. The lowest BCUT2D eigenvalue weighted by molar-refractivity contribution is -0.121. The van der Waals surface area contributed by atoms with Gasteiger partial charge in [-0.1, -0.05) is 23.4 Å². The lowest BCUT2D eigenvalue weighted by Gasteiger charge is -2.12. The lowest BCUT2D eigenvalue weighted by Crippen LogP contribution is -2.31. The normalized spacial score (nSPS) is 11.3. The molecule has 1 aromatic carbocycles. The molecular formula is C10H11IN2O2. The highest BCUT2D eigenvalue weighted by Crippen LogP contribution is 2.13. The first-order chi connectivity index (χ1) is 7.07. The van der Waals surface area contributed by atoms with E-state index in [-0.39, 0.29) is 11.6 Å². The molecule has 1 N–H and O–H groups in total. The molecule has 0 aromatic heterocycles. The predicted octanol–water partition coefficient (Wildman–Crippen LogP) is 1.56. The van der Waals surface area contributed by atoms with Gasteiger partial charge in [0.25, 0.3) is 5.91 Å². The number of hydrogen-bond donors (Lipinski definition) is 1. The molecular weight excluding hydrogens is 307 g/mol. The van der Waals surface area contributed by atoms with Crippen molar-refractivity contribution in [2.24, 2.45) is 5.16 Å². The lowest BCUT2D eigenvalue weighted by atomic mass is 10.1. The van der Waals surface area contributed by atoms with Crippen LogP contribution in [0, 0.1) is 3.57 Å². The number of benzene rings is 1. The molecule has 0 heterocycles. The molecule has 0 saturated carbocycles. The number of nitrogens with zero attached hydrogens (tertiary/aromatic N) is 2. The molecule has 0 atom stereocenters. The van der Waals surface area contributed by atoms with Crippen molar-refractivity contribution in [2.45, 2.75) is 0 Å². The summed E-state index contributed by atoms with van der Waals surface area (Å²) in [6.45, 7) is 0. The maximum absolute atomic E-state index is 11.7. The van der Waals surface area contributed by atoms with Crippen LogP contribution in [0.15, 0.2) is 29.4 Å². The Bertz CT molecular complexity index is 402. The molecule has 0 fully saturated rings. The van der Waals surface area contributed by atoms with Gasteiger partial charge in [0.15, 0.2) is 5.71 Å². The summed E-state index contributed by atoms with van der Waals surface area (Å²) in [6, 6.07) is 7.26. The number of likely N-dealkylation sites (N-methyl/N-ethyl adjacent to an activating group) is 1. The first-order valence-corrected chi connectivity index (χ1v) is 5.34. The Balaban J connectivity index is 3.16. The van der Waals surface area contributed by atoms with Crippen molar-refractivity contribution in [3.8, 4) is 0 Å². The third-order valence-electron chi connectivity index (χ3n) is 1.84. The summed E-state index contributed by atoms with van der Waals surface area (Å²) >= 11 is 2.09. The summed E-state index contributed by atoms with van der Waals surface area (Å²) in [5.41, 5.74) is 0.698. The summed E-state index contributed by atoms with van der Waals surface area (Å²) in [4.78, 5) is 13.0. The highest BCUT2D eigenvalue weighted by Gasteiger charge is 2.18. The topological polar surface area (TPSA) is 52.9 Å². The first kappa shape index (κ1) is 12.0. The Morgan fingerprint density at radius 1 is 1.40 bits per heavy atom. The van der Waals surface area contributed by atoms with Crippen molar-refractivity contribution in [3.05, 3.63) is 33.4 Å². The Morgan fingerprint density at radius 2 is 2.00 bits per heavy atom. The van der Waals surface area contributed by atoms with Crippen molar-refractivity contribution in [1.82, 2.24) is 4.90 Å². The molecule has 0 aliphatic rings. The van der Waals surface area contributed by atoms with Gasteiger partial charge in [0.2, 0.25) is 0 Å². The van der Waals surface area contributed by atoms with Crippen molar-refractivity contribution >= 4 is 34.2 Å². The van der Waals surface area contributed by atoms with Crippen LogP contribution < -0.4 is 0 Å². The summed E-state index contributed by atoms with van der Waals surface area (Å²) in [7, 11) is 3.23. The quantitative estimate of drug-likeness (QED) is 0.389. The second-order valence-corrected chi connectivity index (χ2v) is 4.29. The van der Waals surface area contributed by atoms with Gasteiger partial charge in [0.05, 0.1) is 0 Å². The van der Waals surface area contributed by atoms with E-state index in [0.29, 0.717) is 5.56 Å². The summed E-state index contributed by atoms with van der Waals surface area (Å²) in [5.74, 6) is -0.318. The minimum Gasteiger partial charge on any atom is -0.410 e. The van der Waals surface area contributed by atoms with Gasteiger partial charge in [-0.05, 0) is 28.7 Å². The molecule has 0 aliphatic heterocycles. The van der Waals surface area contributed by atoms with Crippen LogP contribution >= 0.6 is 22.6 Å². The molecule has 0 aliphatic carbocycles. The molecule has 0 spiro atoms. The molecule has 0 radical (unpaired) electrons. The molecule has 4 nitrogen and oxygen atoms in total. The van der Waals surface area contributed by atoms with Gasteiger partial charge in [0, 0.05) is 23.2 Å². The predicted molar refractivity (Wildman–Crippen MR) is 66.2 cm³/mol. The van der Waals surface area contributed by atoms with E-state index in [1.165, 1.54) is 4.90 Å². The maximum Gasteiger partial charge on any atom is 0.276 e. The molecule has 80 valence electrons. The van der Waals surface area contributed by atoms with E-state index in [4.69, 9.17) is 5.21 Å². The van der Waals surface area contributed by atoms with Crippen LogP contribution in [0.2, 0.25) is 0 Å². The zero-order valence-electron chi connectivity index (χ0n) is 8.44. The van der Waals surface area contributed by atoms with Gasteiger partial charge >= 0.3 is 0 Å². The minimum absolute atomic E-state index is 0.0602. The molecule has 1 aromatic rings. The van der Waals surface area contributed by atoms with Crippen LogP contribution in [0.1, 0.15) is 5.56 Å². The number of carbonyl (C=O) groups is 1. The third-order valence-corrected chi connectivity index (χ3v) is 2.78. The van der Waals surface area contributed by atoms with Crippen molar-refractivity contribution in [2.75, 3.05) is 14.1 Å². The number of carbonyl (C=O) groups excluding carboxylic acids is 1. The van der Waals surface area contributed by atoms with E-state index >= 15 is 0 Å². The maximum atomic E-state index is 11.7. The molecule has 15 heavy (non-hydrogen) atoms. The van der Waals surface area contributed by atoms with E-state index in [0.717, 1.165) is 3.57 Å².